The highest BCUT2D eigenvalue weighted by molar-refractivity contribution is 6.06. The Kier molecular flexibility index (Phi) is 5.35. The normalized spacial score (nSPS) is 14.7. The molecular weight excluding hydrogens is 392 g/mol. The van der Waals surface area contributed by atoms with Gasteiger partial charge in [0.25, 0.3) is 5.91 Å². The van der Waals surface area contributed by atoms with Crippen molar-refractivity contribution < 1.29 is 14.3 Å². The van der Waals surface area contributed by atoms with Crippen LogP contribution in [-0.4, -0.2) is 41.4 Å². The number of amides is 1. The molecule has 2 N–H and O–H groups in total. The lowest BCUT2D eigenvalue weighted by atomic mass is 9.97. The Hall–Kier alpha value is -3.48. The number of methoxy groups -OCH3 is 1. The Labute approximate surface area is 182 Å². The van der Waals surface area contributed by atoms with Crippen molar-refractivity contribution in [2.45, 2.75) is 39.3 Å². The second-order valence-corrected chi connectivity index (χ2v) is 8.61. The highest BCUT2D eigenvalue weighted by Crippen LogP contribution is 2.45. The molecule has 0 bridgehead atoms. The van der Waals surface area contributed by atoms with E-state index in [9.17, 15) is 4.79 Å². The van der Waals surface area contributed by atoms with Gasteiger partial charge in [-0.2, -0.15) is 5.10 Å². The molecule has 0 atom stereocenters. The molecule has 1 aliphatic heterocycles. The number of nitrogens with one attached hydrogen (secondary N) is 2. The maximum atomic E-state index is 13.1. The Morgan fingerprint density at radius 3 is 2.58 bits per heavy atom. The summed E-state index contributed by atoms with van der Waals surface area (Å²) in [5.74, 6) is 1.21. The lowest BCUT2D eigenvalue weighted by molar-refractivity contribution is 0.0992. The van der Waals surface area contributed by atoms with Gasteiger partial charge in [-0.05, 0) is 70.2 Å². The number of fused-ring (bicyclic) bond motifs is 1. The number of nitrogens with zero attached hydrogens (tertiary/aromatic N) is 2. The SMILES string of the molecule is COc1ccc(NC(=O)c2cc3c(c(-c4ccn[nH]4)c2)N(C(C)C)CC(C)(C)O3)cc1. The molecule has 0 aliphatic carbocycles. The number of rotatable bonds is 5. The third-order valence-corrected chi connectivity index (χ3v) is 5.32. The number of carbonyl (C=O) groups is 1. The molecule has 0 saturated heterocycles. The molecule has 7 nitrogen and oxygen atoms in total. The van der Waals surface area contributed by atoms with E-state index in [1.807, 2.05) is 42.5 Å². The molecule has 162 valence electrons. The summed E-state index contributed by atoms with van der Waals surface area (Å²) < 4.78 is 11.5. The monoisotopic (exact) mass is 420 g/mol. The van der Waals surface area contributed by atoms with E-state index in [1.165, 1.54) is 0 Å². The zero-order valence-corrected chi connectivity index (χ0v) is 18.5. The second kappa shape index (κ2) is 7.98. The Balaban J connectivity index is 1.77. The number of hydrogen-bond donors (Lipinski definition) is 2. The van der Waals surface area contributed by atoms with Crippen LogP contribution in [0.3, 0.4) is 0 Å². The highest BCUT2D eigenvalue weighted by atomic mass is 16.5. The fourth-order valence-corrected chi connectivity index (χ4v) is 3.86. The van der Waals surface area contributed by atoms with Gasteiger partial charge in [-0.1, -0.05) is 0 Å². The molecule has 0 spiro atoms. The molecule has 4 rings (SSSR count). The van der Waals surface area contributed by atoms with Crippen LogP contribution in [-0.2, 0) is 0 Å². The van der Waals surface area contributed by atoms with Gasteiger partial charge in [0.05, 0.1) is 25.0 Å². The van der Waals surface area contributed by atoms with Crippen molar-refractivity contribution in [3.05, 3.63) is 54.2 Å². The fraction of sp³-hybridized carbons (Fsp3) is 0.333. The van der Waals surface area contributed by atoms with E-state index < -0.39 is 0 Å². The topological polar surface area (TPSA) is 79.5 Å². The summed E-state index contributed by atoms with van der Waals surface area (Å²) in [6, 6.07) is 13.1. The van der Waals surface area contributed by atoms with Crippen LogP contribution in [0.2, 0.25) is 0 Å². The van der Waals surface area contributed by atoms with Crippen LogP contribution in [0.25, 0.3) is 11.3 Å². The minimum atomic E-state index is -0.381. The maximum Gasteiger partial charge on any atom is 0.255 e. The van der Waals surface area contributed by atoms with Gasteiger partial charge in [-0.15, -0.1) is 0 Å². The van der Waals surface area contributed by atoms with Gasteiger partial charge in [0.1, 0.15) is 17.1 Å². The molecule has 7 heteroatoms. The lowest BCUT2D eigenvalue weighted by Crippen LogP contribution is -2.49. The van der Waals surface area contributed by atoms with E-state index in [0.29, 0.717) is 17.0 Å². The molecule has 0 fully saturated rings. The molecule has 1 aliphatic rings. The Bertz CT molecular complexity index is 1070. The average Bonchev–Trinajstić information content (AvgIpc) is 3.26. The van der Waals surface area contributed by atoms with Gasteiger partial charge in [-0.3, -0.25) is 9.89 Å². The van der Waals surface area contributed by atoms with Crippen molar-refractivity contribution in [2.24, 2.45) is 0 Å². The quantitative estimate of drug-likeness (QED) is 0.624. The van der Waals surface area contributed by atoms with Crippen LogP contribution in [0, 0.1) is 0 Å². The third-order valence-electron chi connectivity index (χ3n) is 5.32. The predicted octanol–water partition coefficient (Wildman–Crippen LogP) is 4.72. The van der Waals surface area contributed by atoms with Crippen molar-refractivity contribution in [3.8, 4) is 22.8 Å². The largest absolute Gasteiger partial charge is 0.497 e. The van der Waals surface area contributed by atoms with Crippen LogP contribution in [0.15, 0.2) is 48.7 Å². The van der Waals surface area contributed by atoms with E-state index in [-0.39, 0.29) is 17.6 Å². The summed E-state index contributed by atoms with van der Waals surface area (Å²) in [4.78, 5) is 15.4. The minimum Gasteiger partial charge on any atom is -0.497 e. The molecule has 1 amide bonds. The van der Waals surface area contributed by atoms with Crippen molar-refractivity contribution in [2.75, 3.05) is 23.9 Å². The van der Waals surface area contributed by atoms with Crippen molar-refractivity contribution >= 4 is 17.3 Å². The third kappa shape index (κ3) is 4.21. The summed E-state index contributed by atoms with van der Waals surface area (Å²) in [5, 5.41) is 10.1. The average molecular weight is 421 g/mol. The van der Waals surface area contributed by atoms with Crippen molar-refractivity contribution in [1.29, 1.82) is 0 Å². The van der Waals surface area contributed by atoms with Gasteiger partial charge < -0.3 is 19.7 Å². The summed E-state index contributed by atoms with van der Waals surface area (Å²) in [5.41, 5.74) is 3.52. The smallest absolute Gasteiger partial charge is 0.255 e. The van der Waals surface area contributed by atoms with E-state index in [0.717, 1.165) is 29.2 Å². The van der Waals surface area contributed by atoms with E-state index in [1.54, 1.807) is 13.3 Å². The molecule has 0 radical (unpaired) electrons. The lowest BCUT2D eigenvalue weighted by Gasteiger charge is -2.44. The highest BCUT2D eigenvalue weighted by Gasteiger charge is 2.35. The zero-order chi connectivity index (χ0) is 22.2. The van der Waals surface area contributed by atoms with Gasteiger partial charge >= 0.3 is 0 Å². The van der Waals surface area contributed by atoms with Crippen LogP contribution in [0.1, 0.15) is 38.1 Å². The Morgan fingerprint density at radius 2 is 1.97 bits per heavy atom. The minimum absolute atomic E-state index is 0.211. The number of H-pyrrole nitrogens is 1. The summed E-state index contributed by atoms with van der Waals surface area (Å²) >= 11 is 0. The molecule has 31 heavy (non-hydrogen) atoms. The Morgan fingerprint density at radius 1 is 1.23 bits per heavy atom. The number of benzene rings is 2. The standard InChI is InChI=1S/C24H28N4O3/c1-15(2)28-14-24(3,4)31-21-13-16(12-19(22(21)28)20-10-11-25-27-20)23(29)26-17-6-8-18(30-5)9-7-17/h6-13,15H,14H2,1-5H3,(H,25,27)(H,26,29). The summed E-state index contributed by atoms with van der Waals surface area (Å²) in [7, 11) is 1.61. The predicted molar refractivity (Wildman–Crippen MR) is 122 cm³/mol. The van der Waals surface area contributed by atoms with Crippen LogP contribution in [0.5, 0.6) is 11.5 Å². The first-order valence-corrected chi connectivity index (χ1v) is 10.4. The molecule has 0 saturated carbocycles. The van der Waals surface area contributed by atoms with Crippen LogP contribution >= 0.6 is 0 Å². The zero-order valence-electron chi connectivity index (χ0n) is 18.5. The first kappa shape index (κ1) is 20.8. The number of ether oxygens (including phenoxy) is 2. The van der Waals surface area contributed by atoms with Gasteiger partial charge in [0, 0.05) is 29.1 Å². The summed E-state index contributed by atoms with van der Waals surface area (Å²) in [6.45, 7) is 9.19. The van der Waals surface area contributed by atoms with E-state index >= 15 is 0 Å². The van der Waals surface area contributed by atoms with E-state index in [4.69, 9.17) is 9.47 Å². The fourth-order valence-electron chi connectivity index (χ4n) is 3.86. The van der Waals surface area contributed by atoms with Gasteiger partial charge in [0.2, 0.25) is 0 Å². The molecular formula is C24H28N4O3. The first-order chi connectivity index (χ1) is 14.8. The first-order valence-electron chi connectivity index (χ1n) is 10.4. The molecule has 2 aromatic carbocycles. The summed E-state index contributed by atoms with van der Waals surface area (Å²) in [6.07, 6.45) is 1.71. The number of aromatic amines is 1. The van der Waals surface area contributed by atoms with E-state index in [2.05, 4.69) is 48.1 Å². The molecule has 3 aromatic rings. The number of anilines is 2. The van der Waals surface area contributed by atoms with Gasteiger partial charge in [0.15, 0.2) is 0 Å². The van der Waals surface area contributed by atoms with Gasteiger partial charge in [-0.25, -0.2) is 0 Å². The number of hydrogen-bond acceptors (Lipinski definition) is 5. The molecule has 1 aromatic heterocycles. The number of carbonyl (C=O) groups excluding carboxylic acids is 1. The van der Waals surface area contributed by atoms with Crippen LogP contribution < -0.4 is 19.7 Å². The maximum absolute atomic E-state index is 13.1. The van der Waals surface area contributed by atoms with Crippen molar-refractivity contribution in [3.63, 3.8) is 0 Å². The van der Waals surface area contributed by atoms with Crippen LogP contribution in [0.4, 0.5) is 11.4 Å². The molecule has 0 unspecified atom stereocenters. The second-order valence-electron chi connectivity index (χ2n) is 8.61. The molecule has 2 heterocycles. The van der Waals surface area contributed by atoms with Crippen molar-refractivity contribution in [1.82, 2.24) is 10.2 Å². The number of aromatic nitrogens is 2.